The Bertz CT molecular complexity index is 2060. The summed E-state index contributed by atoms with van der Waals surface area (Å²) in [6.45, 7) is 2.45. The Morgan fingerprint density at radius 1 is 0.326 bits per heavy atom. The highest BCUT2D eigenvalue weighted by molar-refractivity contribution is 7.47. The molecule has 89 heavy (non-hydrogen) atoms. The predicted octanol–water partition coefficient (Wildman–Crippen LogP) is 18.9. The number of unbranched alkanes of at least 4 members (excludes halogenated alkanes) is 23. The van der Waals surface area contributed by atoms with E-state index in [9.17, 15) is 43.5 Å². The van der Waals surface area contributed by atoms with E-state index in [1.807, 2.05) is 0 Å². The van der Waals surface area contributed by atoms with E-state index in [1.54, 1.807) is 0 Å². The predicted molar refractivity (Wildman–Crippen MR) is 362 cm³/mol. The minimum atomic E-state index is -4.93. The van der Waals surface area contributed by atoms with Crippen LogP contribution in [-0.2, 0) is 55.8 Å². The van der Waals surface area contributed by atoms with Gasteiger partial charge in [0, 0.05) is 19.3 Å². The first-order valence-corrected chi connectivity index (χ1v) is 37.2. The summed E-state index contributed by atoms with van der Waals surface area (Å²) in [6.07, 6.45) is 71.3. The summed E-state index contributed by atoms with van der Waals surface area (Å²) in [5.74, 6) is -1.62. The van der Waals surface area contributed by atoms with Crippen LogP contribution in [0.5, 0.6) is 0 Å². The topological polar surface area (TPSA) is 231 Å². The molecule has 0 aliphatic heterocycles. The molecule has 0 radical (unpaired) electrons. The second-order valence-electron chi connectivity index (χ2n) is 22.6. The Balaban J connectivity index is 4.63. The zero-order valence-electron chi connectivity index (χ0n) is 55.3. The number of carbonyl (C=O) groups excluding carboxylic acids is 3. The van der Waals surface area contributed by atoms with E-state index in [1.165, 1.54) is 38.5 Å². The number of hydrogen-bond donors (Lipinski definition) is 4. The largest absolute Gasteiger partial charge is 0.472 e. The van der Waals surface area contributed by atoms with Gasteiger partial charge in [-0.25, -0.2) is 9.13 Å². The third-order valence-electron chi connectivity index (χ3n) is 14.0. The van der Waals surface area contributed by atoms with Crippen molar-refractivity contribution in [2.45, 2.75) is 283 Å². The van der Waals surface area contributed by atoms with Gasteiger partial charge in [0.1, 0.15) is 25.4 Å². The van der Waals surface area contributed by atoms with Crippen molar-refractivity contribution in [1.29, 1.82) is 0 Å². The Kier molecular flexibility index (Phi) is 61.6. The molecular weight excluding hydrogens is 1170 g/mol. The highest BCUT2D eigenvalue weighted by Crippen LogP contribution is 2.45. The fourth-order valence-electron chi connectivity index (χ4n) is 8.71. The number of esters is 3. The first-order valence-electron chi connectivity index (χ1n) is 34.2. The number of allylic oxidation sites excluding steroid dienone is 18. The van der Waals surface area contributed by atoms with Crippen molar-refractivity contribution >= 4 is 33.6 Å². The number of phosphoric acid groups is 2. The molecule has 18 heteroatoms. The maximum absolute atomic E-state index is 12.9. The molecule has 0 spiro atoms. The lowest BCUT2D eigenvalue weighted by molar-refractivity contribution is -0.161. The van der Waals surface area contributed by atoms with Gasteiger partial charge in [0.25, 0.3) is 0 Å². The van der Waals surface area contributed by atoms with Crippen LogP contribution in [0, 0.1) is 0 Å². The first kappa shape index (κ1) is 85.2. The van der Waals surface area contributed by atoms with Crippen molar-refractivity contribution < 1.29 is 75.8 Å². The van der Waals surface area contributed by atoms with Gasteiger partial charge in [-0.05, 0) is 128 Å². The second-order valence-corrected chi connectivity index (χ2v) is 25.5. The Morgan fingerprint density at radius 3 is 0.944 bits per heavy atom. The van der Waals surface area contributed by atoms with Crippen LogP contribution in [0.15, 0.2) is 109 Å². The van der Waals surface area contributed by atoms with Gasteiger partial charge in [0.2, 0.25) is 0 Å². The number of phosphoric ester groups is 2. The summed E-state index contributed by atoms with van der Waals surface area (Å²) in [7, 11) is -9.79. The van der Waals surface area contributed by atoms with Crippen molar-refractivity contribution in [2.24, 2.45) is 0 Å². The van der Waals surface area contributed by atoms with E-state index >= 15 is 0 Å². The molecule has 0 bridgehead atoms. The molecule has 4 N–H and O–H groups in total. The van der Waals surface area contributed by atoms with Gasteiger partial charge in [0.15, 0.2) is 6.10 Å². The average Bonchev–Trinajstić information content (AvgIpc) is 3.65. The van der Waals surface area contributed by atoms with Gasteiger partial charge >= 0.3 is 33.6 Å². The zero-order chi connectivity index (χ0) is 65.3. The Hall–Kier alpha value is -3.79. The summed E-state index contributed by atoms with van der Waals surface area (Å²) in [5.41, 5.74) is 0. The molecule has 0 aromatic rings. The Labute approximate surface area is 539 Å². The van der Waals surface area contributed by atoms with Crippen molar-refractivity contribution in [3.8, 4) is 0 Å². The van der Waals surface area contributed by atoms with Crippen LogP contribution >= 0.6 is 15.6 Å². The molecule has 0 amide bonds. The maximum Gasteiger partial charge on any atom is 0.472 e. The lowest BCUT2D eigenvalue weighted by Crippen LogP contribution is -2.30. The van der Waals surface area contributed by atoms with Gasteiger partial charge in [-0.3, -0.25) is 32.5 Å². The van der Waals surface area contributed by atoms with Gasteiger partial charge in [-0.2, -0.15) is 0 Å². The standard InChI is InChI=1S/C71H122O16P2/c1-4-7-10-13-16-19-22-25-28-29-30-31-32-33-34-35-38-40-42-45-48-51-54-57-69(74)81-60-66(72)61-83-88(77,78)84-62-67(73)63-85-89(79,80)86-65-68(87-71(76)59-56-53-50-47-44-41-37-27-24-21-18-15-12-9-6-3)64-82-70(75)58-55-52-49-46-43-39-36-26-23-20-17-14-11-8-5-2/h7,10,16-21,25-28,30-31,33-34,36-37,66-68,72-73H,4-6,8-9,11-15,22-24,29,32,35,38-65H2,1-3H3,(H,77,78)(H,79,80)/b10-7-,19-16-,20-17-,21-18-,28-25-,31-30-,34-33-,36-26-,37-27-. The van der Waals surface area contributed by atoms with E-state index in [-0.39, 0.29) is 19.3 Å². The van der Waals surface area contributed by atoms with E-state index in [0.29, 0.717) is 19.3 Å². The molecule has 0 aliphatic rings. The van der Waals surface area contributed by atoms with Gasteiger partial charge in [-0.15, -0.1) is 0 Å². The van der Waals surface area contributed by atoms with Crippen LogP contribution in [-0.4, -0.2) is 95.9 Å². The molecule has 5 atom stereocenters. The summed E-state index contributed by atoms with van der Waals surface area (Å²) < 4.78 is 60.8. The minimum Gasteiger partial charge on any atom is -0.463 e. The highest BCUT2D eigenvalue weighted by Gasteiger charge is 2.29. The lowest BCUT2D eigenvalue weighted by Gasteiger charge is -2.21. The monoisotopic (exact) mass is 1290 g/mol. The molecule has 512 valence electrons. The third kappa shape index (κ3) is 65.5. The molecule has 5 unspecified atom stereocenters. The summed E-state index contributed by atoms with van der Waals surface area (Å²) >= 11 is 0. The van der Waals surface area contributed by atoms with Crippen molar-refractivity contribution in [3.63, 3.8) is 0 Å². The number of ether oxygens (including phenoxy) is 3. The minimum absolute atomic E-state index is 0.0841. The van der Waals surface area contributed by atoms with Crippen LogP contribution in [0.25, 0.3) is 0 Å². The molecule has 0 aromatic heterocycles. The Morgan fingerprint density at radius 2 is 0.596 bits per heavy atom. The fraction of sp³-hybridized carbons (Fsp3) is 0.704. The maximum atomic E-state index is 12.9. The van der Waals surface area contributed by atoms with Gasteiger partial charge < -0.3 is 34.2 Å². The van der Waals surface area contributed by atoms with Crippen molar-refractivity contribution in [3.05, 3.63) is 109 Å². The van der Waals surface area contributed by atoms with E-state index in [2.05, 4.69) is 130 Å². The zero-order valence-corrected chi connectivity index (χ0v) is 57.1. The second kappa shape index (κ2) is 64.3. The van der Waals surface area contributed by atoms with Gasteiger partial charge in [0.05, 0.1) is 26.4 Å². The van der Waals surface area contributed by atoms with Crippen LogP contribution in [0.2, 0.25) is 0 Å². The number of rotatable bonds is 64. The number of carbonyl (C=O) groups is 3. The molecule has 0 rings (SSSR count). The number of aliphatic hydroxyl groups excluding tert-OH is 2. The normalized spacial score (nSPS) is 14.9. The molecule has 0 aliphatic carbocycles. The molecule has 0 saturated carbocycles. The first-order chi connectivity index (χ1) is 43.2. The molecule has 0 saturated heterocycles. The van der Waals surface area contributed by atoms with Crippen LogP contribution in [0.3, 0.4) is 0 Å². The summed E-state index contributed by atoms with van der Waals surface area (Å²) in [6, 6.07) is 0. The number of aliphatic hydroxyl groups is 2. The van der Waals surface area contributed by atoms with Crippen molar-refractivity contribution in [2.75, 3.05) is 39.6 Å². The SMILES string of the molecule is CC/C=C\C/C=C\C/C=C\C/C=C\C/C=C\CCCCCCCCCC(=O)OCC(O)COP(=O)(O)OCC(O)COP(=O)(O)OCC(COC(=O)CCCCCCC/C=C\C/C=C\CCCCC)OC(=O)CCCCCCC/C=C\C/C=C\CCCCC. The van der Waals surface area contributed by atoms with Crippen LogP contribution in [0.4, 0.5) is 0 Å². The average molecular weight is 1290 g/mol. The fourth-order valence-corrected chi connectivity index (χ4v) is 10.3. The lowest BCUT2D eigenvalue weighted by atomic mass is 10.1. The van der Waals surface area contributed by atoms with Crippen molar-refractivity contribution in [1.82, 2.24) is 0 Å². The number of hydrogen-bond acceptors (Lipinski definition) is 14. The van der Waals surface area contributed by atoms with Crippen LogP contribution < -0.4 is 0 Å². The van der Waals surface area contributed by atoms with Crippen LogP contribution in [0.1, 0.15) is 265 Å². The van der Waals surface area contributed by atoms with Gasteiger partial charge in [-0.1, -0.05) is 226 Å². The molecule has 0 fully saturated rings. The van der Waals surface area contributed by atoms with E-state index < -0.39 is 91.5 Å². The quantitative estimate of drug-likeness (QED) is 0.0146. The third-order valence-corrected chi connectivity index (χ3v) is 15.9. The highest BCUT2D eigenvalue weighted by atomic mass is 31.2. The van der Waals surface area contributed by atoms with E-state index in [4.69, 9.17) is 32.3 Å². The molecule has 0 heterocycles. The summed E-state index contributed by atoms with van der Waals surface area (Å²) in [5, 5.41) is 20.5. The smallest absolute Gasteiger partial charge is 0.463 e. The molecular formula is C71H122O16P2. The summed E-state index contributed by atoms with van der Waals surface area (Å²) in [4.78, 5) is 58.3. The molecule has 0 aromatic carbocycles. The molecule has 16 nitrogen and oxygen atoms in total. The van der Waals surface area contributed by atoms with E-state index in [0.717, 1.165) is 167 Å².